The van der Waals surface area contributed by atoms with E-state index < -0.39 is 0 Å². The van der Waals surface area contributed by atoms with Gasteiger partial charge in [-0.2, -0.15) is 0 Å². The van der Waals surface area contributed by atoms with Gasteiger partial charge in [-0.25, -0.2) is 4.98 Å². The number of rotatable bonds is 5. The largest absolute Gasteiger partial charge is 0.348 e. The molecule has 102 valence electrons. The number of aromatic nitrogens is 1. The summed E-state index contributed by atoms with van der Waals surface area (Å²) >= 11 is 1.86. The van der Waals surface area contributed by atoms with Gasteiger partial charge in [0.15, 0.2) is 5.13 Å². The standard InChI is InChI=1S/C14H25N3S/c1-5-12-6-7-17(9-12)14-16-11(4)13(18-14)8-15-10(2)3/h10,12,15H,5-9H2,1-4H3. The molecule has 0 amide bonds. The van der Waals surface area contributed by atoms with Crippen molar-refractivity contribution in [2.24, 2.45) is 5.92 Å². The second kappa shape index (κ2) is 6.02. The van der Waals surface area contributed by atoms with Crippen LogP contribution in [0.3, 0.4) is 0 Å². The quantitative estimate of drug-likeness (QED) is 0.888. The van der Waals surface area contributed by atoms with Crippen LogP contribution in [0.4, 0.5) is 5.13 Å². The lowest BCUT2D eigenvalue weighted by atomic mass is 10.1. The van der Waals surface area contributed by atoms with Crippen molar-refractivity contribution in [2.45, 2.75) is 53.1 Å². The third kappa shape index (κ3) is 3.23. The van der Waals surface area contributed by atoms with E-state index in [2.05, 4.69) is 37.9 Å². The first-order chi connectivity index (χ1) is 8.60. The molecule has 0 radical (unpaired) electrons. The van der Waals surface area contributed by atoms with E-state index in [1.54, 1.807) is 0 Å². The van der Waals surface area contributed by atoms with Gasteiger partial charge in [-0.3, -0.25) is 0 Å². The fourth-order valence-corrected chi connectivity index (χ4v) is 3.40. The molecule has 1 N–H and O–H groups in total. The number of hydrogen-bond donors (Lipinski definition) is 1. The lowest BCUT2D eigenvalue weighted by Crippen LogP contribution is -2.21. The van der Waals surface area contributed by atoms with E-state index in [0.717, 1.165) is 12.5 Å². The van der Waals surface area contributed by atoms with Crippen LogP contribution in [-0.2, 0) is 6.54 Å². The van der Waals surface area contributed by atoms with E-state index in [-0.39, 0.29) is 0 Å². The smallest absolute Gasteiger partial charge is 0.185 e. The van der Waals surface area contributed by atoms with Gasteiger partial charge in [0, 0.05) is 30.6 Å². The highest BCUT2D eigenvalue weighted by molar-refractivity contribution is 7.15. The van der Waals surface area contributed by atoms with Gasteiger partial charge in [0.25, 0.3) is 0 Å². The van der Waals surface area contributed by atoms with Gasteiger partial charge in [0.2, 0.25) is 0 Å². The molecule has 0 spiro atoms. The summed E-state index contributed by atoms with van der Waals surface area (Å²) in [5.41, 5.74) is 1.20. The monoisotopic (exact) mass is 267 g/mol. The Hall–Kier alpha value is -0.610. The molecule has 1 aliphatic heterocycles. The van der Waals surface area contributed by atoms with E-state index >= 15 is 0 Å². The molecule has 1 aromatic heterocycles. The van der Waals surface area contributed by atoms with Crippen LogP contribution < -0.4 is 10.2 Å². The van der Waals surface area contributed by atoms with Crippen LogP contribution in [0.25, 0.3) is 0 Å². The molecule has 0 bridgehead atoms. The zero-order chi connectivity index (χ0) is 13.1. The van der Waals surface area contributed by atoms with Gasteiger partial charge in [0.05, 0.1) is 5.69 Å². The van der Waals surface area contributed by atoms with Gasteiger partial charge in [-0.15, -0.1) is 11.3 Å². The van der Waals surface area contributed by atoms with Crippen molar-refractivity contribution in [3.8, 4) is 0 Å². The topological polar surface area (TPSA) is 28.2 Å². The molecule has 1 fully saturated rings. The number of nitrogens with zero attached hydrogens (tertiary/aromatic N) is 2. The fraction of sp³-hybridized carbons (Fsp3) is 0.786. The molecule has 18 heavy (non-hydrogen) atoms. The number of anilines is 1. The Labute approximate surface area is 115 Å². The minimum atomic E-state index is 0.534. The van der Waals surface area contributed by atoms with Gasteiger partial charge in [0.1, 0.15) is 0 Å². The molecule has 1 atom stereocenters. The van der Waals surface area contributed by atoms with Crippen LogP contribution in [0.2, 0.25) is 0 Å². The maximum Gasteiger partial charge on any atom is 0.185 e. The molecule has 0 aromatic carbocycles. The Kier molecular flexibility index (Phi) is 4.62. The first-order valence-corrected chi connectivity index (χ1v) is 7.86. The summed E-state index contributed by atoms with van der Waals surface area (Å²) in [6.45, 7) is 12.1. The van der Waals surface area contributed by atoms with Crippen molar-refractivity contribution in [3.05, 3.63) is 10.6 Å². The molecule has 0 saturated carbocycles. The molecular weight excluding hydrogens is 242 g/mol. The summed E-state index contributed by atoms with van der Waals surface area (Å²) < 4.78 is 0. The zero-order valence-corrected chi connectivity index (χ0v) is 12.8. The highest BCUT2D eigenvalue weighted by Crippen LogP contribution is 2.31. The van der Waals surface area contributed by atoms with Crippen molar-refractivity contribution >= 4 is 16.5 Å². The summed E-state index contributed by atoms with van der Waals surface area (Å²) in [6.07, 6.45) is 2.62. The van der Waals surface area contributed by atoms with E-state index in [0.29, 0.717) is 6.04 Å². The van der Waals surface area contributed by atoms with E-state index in [4.69, 9.17) is 4.98 Å². The average Bonchev–Trinajstić information content (AvgIpc) is 2.92. The Balaban J connectivity index is 2.00. The summed E-state index contributed by atoms with van der Waals surface area (Å²) in [7, 11) is 0. The molecule has 4 heteroatoms. The van der Waals surface area contributed by atoms with Crippen molar-refractivity contribution in [2.75, 3.05) is 18.0 Å². The molecule has 1 aromatic rings. The van der Waals surface area contributed by atoms with Crippen LogP contribution in [0.1, 0.15) is 44.2 Å². The van der Waals surface area contributed by atoms with Crippen molar-refractivity contribution in [3.63, 3.8) is 0 Å². The Morgan fingerprint density at radius 1 is 1.50 bits per heavy atom. The van der Waals surface area contributed by atoms with E-state index in [1.165, 1.54) is 41.6 Å². The lowest BCUT2D eigenvalue weighted by Gasteiger charge is -2.14. The van der Waals surface area contributed by atoms with Crippen LogP contribution >= 0.6 is 11.3 Å². The molecule has 1 saturated heterocycles. The van der Waals surface area contributed by atoms with Crippen molar-refractivity contribution < 1.29 is 0 Å². The minimum absolute atomic E-state index is 0.534. The average molecular weight is 267 g/mol. The van der Waals surface area contributed by atoms with Crippen LogP contribution in [0.5, 0.6) is 0 Å². The number of hydrogen-bond acceptors (Lipinski definition) is 4. The first kappa shape index (κ1) is 13.8. The number of nitrogens with one attached hydrogen (secondary N) is 1. The van der Waals surface area contributed by atoms with Gasteiger partial charge in [-0.1, -0.05) is 27.2 Å². The Morgan fingerprint density at radius 2 is 2.28 bits per heavy atom. The highest BCUT2D eigenvalue weighted by Gasteiger charge is 2.23. The van der Waals surface area contributed by atoms with Crippen LogP contribution in [-0.4, -0.2) is 24.1 Å². The van der Waals surface area contributed by atoms with Gasteiger partial charge in [-0.05, 0) is 19.3 Å². The third-order valence-corrected chi connectivity index (χ3v) is 4.90. The summed E-state index contributed by atoms with van der Waals surface area (Å²) in [5.74, 6) is 0.867. The third-order valence-electron chi connectivity index (χ3n) is 3.69. The molecule has 1 aliphatic rings. The molecule has 3 nitrogen and oxygen atoms in total. The van der Waals surface area contributed by atoms with E-state index in [1.807, 2.05) is 11.3 Å². The summed E-state index contributed by atoms with van der Waals surface area (Å²) in [6, 6.07) is 0.534. The predicted octanol–water partition coefficient (Wildman–Crippen LogP) is 3.19. The maximum atomic E-state index is 4.74. The second-order valence-corrected chi connectivity index (χ2v) is 6.61. The minimum Gasteiger partial charge on any atom is -0.348 e. The normalized spacial score (nSPS) is 20.1. The number of aryl methyl sites for hydroxylation is 1. The molecule has 2 heterocycles. The molecule has 1 unspecified atom stereocenters. The summed E-state index contributed by atoms with van der Waals surface area (Å²) in [5, 5.41) is 4.70. The molecule has 2 rings (SSSR count). The zero-order valence-electron chi connectivity index (χ0n) is 12.0. The van der Waals surface area contributed by atoms with Crippen molar-refractivity contribution in [1.82, 2.24) is 10.3 Å². The van der Waals surface area contributed by atoms with Gasteiger partial charge >= 0.3 is 0 Å². The Bertz CT molecular complexity index is 386. The second-order valence-electron chi connectivity index (χ2n) is 5.55. The lowest BCUT2D eigenvalue weighted by molar-refractivity contribution is 0.569. The molecule has 0 aliphatic carbocycles. The SMILES string of the molecule is CCC1CCN(c2nc(C)c(CNC(C)C)s2)C1. The first-order valence-electron chi connectivity index (χ1n) is 7.04. The van der Waals surface area contributed by atoms with Crippen LogP contribution in [0.15, 0.2) is 0 Å². The number of thiazole rings is 1. The fourth-order valence-electron chi connectivity index (χ4n) is 2.35. The van der Waals surface area contributed by atoms with Gasteiger partial charge < -0.3 is 10.2 Å². The van der Waals surface area contributed by atoms with E-state index in [9.17, 15) is 0 Å². The molecular formula is C14H25N3S. The van der Waals surface area contributed by atoms with Crippen LogP contribution in [0, 0.1) is 12.8 Å². The summed E-state index contributed by atoms with van der Waals surface area (Å²) in [4.78, 5) is 8.59. The highest BCUT2D eigenvalue weighted by atomic mass is 32.1. The maximum absolute atomic E-state index is 4.74. The predicted molar refractivity (Wildman–Crippen MR) is 79.4 cm³/mol. The Morgan fingerprint density at radius 3 is 2.89 bits per heavy atom. The van der Waals surface area contributed by atoms with Crippen molar-refractivity contribution in [1.29, 1.82) is 0 Å².